The third kappa shape index (κ3) is 4.32. The number of hydrogen-bond acceptors (Lipinski definition) is 6. The van der Waals surface area contributed by atoms with E-state index in [0.29, 0.717) is 17.6 Å². The van der Waals surface area contributed by atoms with Crippen LogP contribution in [0.3, 0.4) is 0 Å². The van der Waals surface area contributed by atoms with Gasteiger partial charge in [0.1, 0.15) is 4.83 Å². The molecule has 5 nitrogen and oxygen atoms in total. The van der Waals surface area contributed by atoms with Crippen molar-refractivity contribution in [3.05, 3.63) is 152 Å². The van der Waals surface area contributed by atoms with E-state index in [1.807, 2.05) is 47.9 Å². The summed E-state index contributed by atoms with van der Waals surface area (Å²) in [7, 11) is 0. The number of nitrogens with zero attached hydrogens (tertiary/aromatic N) is 5. The van der Waals surface area contributed by atoms with Crippen LogP contribution in [0, 0.1) is 0 Å². The number of para-hydroxylation sites is 1. The molecule has 0 unspecified atom stereocenters. The Hall–Kier alpha value is -6.28. The quantitative estimate of drug-likeness (QED) is 0.185. The molecule has 0 fully saturated rings. The van der Waals surface area contributed by atoms with Gasteiger partial charge in [0.05, 0.1) is 15.7 Å². The SMILES string of the molecule is c1ccc(-c2ccc(-c3nc(-c4ccccc4)nc(-n4c5ccccc5c5c6c7ccccc7sc6c6c7cccnc7sc6c54)n3)cc2)cc1. The fraction of sp³-hybridized carbons (Fsp3) is 0. The Morgan fingerprint density at radius 3 is 1.82 bits per heavy atom. The molecule has 0 spiro atoms. The van der Waals surface area contributed by atoms with Gasteiger partial charge in [-0.2, -0.15) is 9.97 Å². The summed E-state index contributed by atoms with van der Waals surface area (Å²) in [5.74, 6) is 1.84. The summed E-state index contributed by atoms with van der Waals surface area (Å²) in [5, 5.41) is 7.33. The number of hydrogen-bond donors (Lipinski definition) is 0. The van der Waals surface area contributed by atoms with Crippen LogP contribution in [0.25, 0.3) is 102 Å². The molecule has 0 bridgehead atoms. The second-order valence-corrected chi connectivity index (χ2v) is 14.7. The molecule has 0 saturated heterocycles. The van der Waals surface area contributed by atoms with E-state index in [1.54, 1.807) is 11.3 Å². The van der Waals surface area contributed by atoms with E-state index in [-0.39, 0.29) is 0 Å². The van der Waals surface area contributed by atoms with E-state index in [1.165, 1.54) is 52.0 Å². The monoisotopic (exact) mass is 687 g/mol. The standard InChI is InChI=1S/C44H25N5S2/c1-3-12-26(13-4-1)27-21-23-29(24-22-27)42-46-41(28-14-5-2-6-15-28)47-44(48-42)49-33-19-9-7-16-30(33)35-36-31-17-8-10-20-34(31)50-39(36)37-32-18-11-25-45-43(32)51-40(37)38(35)49/h1-25H. The highest BCUT2D eigenvalue weighted by molar-refractivity contribution is 7.30. The normalized spacial score (nSPS) is 11.9. The second kappa shape index (κ2) is 11.1. The van der Waals surface area contributed by atoms with Gasteiger partial charge in [0.2, 0.25) is 5.95 Å². The van der Waals surface area contributed by atoms with Crippen LogP contribution in [-0.4, -0.2) is 24.5 Å². The van der Waals surface area contributed by atoms with Crippen LogP contribution in [0.2, 0.25) is 0 Å². The number of fused-ring (bicyclic) bond motifs is 12. The van der Waals surface area contributed by atoms with Crippen molar-refractivity contribution in [2.24, 2.45) is 0 Å². The summed E-state index contributed by atoms with van der Waals surface area (Å²) in [5.41, 5.74) is 6.33. The van der Waals surface area contributed by atoms with E-state index in [0.717, 1.165) is 32.6 Å². The summed E-state index contributed by atoms with van der Waals surface area (Å²) in [6.07, 6.45) is 1.89. The van der Waals surface area contributed by atoms with Gasteiger partial charge in [0.15, 0.2) is 11.6 Å². The Bertz CT molecular complexity index is 3120. The zero-order chi connectivity index (χ0) is 33.5. The Morgan fingerprint density at radius 1 is 0.431 bits per heavy atom. The van der Waals surface area contributed by atoms with Crippen molar-refractivity contribution in [2.45, 2.75) is 0 Å². The van der Waals surface area contributed by atoms with Crippen molar-refractivity contribution in [2.75, 3.05) is 0 Å². The Balaban J connectivity index is 1.27. The molecule has 11 rings (SSSR count). The Labute approximate surface area is 299 Å². The number of benzene rings is 6. The summed E-state index contributed by atoms with van der Waals surface area (Å²) in [4.78, 5) is 21.5. The maximum Gasteiger partial charge on any atom is 0.238 e. The van der Waals surface area contributed by atoms with Gasteiger partial charge in [0, 0.05) is 59.0 Å². The van der Waals surface area contributed by atoms with Gasteiger partial charge in [-0.3, -0.25) is 4.57 Å². The van der Waals surface area contributed by atoms with Gasteiger partial charge in [-0.1, -0.05) is 121 Å². The molecule has 238 valence electrons. The molecule has 0 radical (unpaired) electrons. The van der Waals surface area contributed by atoms with Gasteiger partial charge >= 0.3 is 0 Å². The van der Waals surface area contributed by atoms with Crippen LogP contribution in [0.5, 0.6) is 0 Å². The molecule has 0 atom stereocenters. The smallest absolute Gasteiger partial charge is 0.238 e. The minimum atomic E-state index is 0.586. The van der Waals surface area contributed by atoms with Gasteiger partial charge in [-0.15, -0.1) is 22.7 Å². The first kappa shape index (κ1) is 28.5. The molecule has 6 aromatic carbocycles. The van der Waals surface area contributed by atoms with Crippen LogP contribution in [0.1, 0.15) is 0 Å². The first-order valence-corrected chi connectivity index (χ1v) is 18.4. The molecule has 0 aliphatic heterocycles. The highest BCUT2D eigenvalue weighted by atomic mass is 32.1. The molecule has 0 saturated carbocycles. The van der Waals surface area contributed by atoms with Gasteiger partial charge in [-0.05, 0) is 35.4 Å². The van der Waals surface area contributed by atoms with Crippen molar-refractivity contribution >= 4 is 85.0 Å². The molecular formula is C44H25N5S2. The Kier molecular flexibility index (Phi) is 6.22. The minimum Gasteiger partial charge on any atom is -0.276 e. The van der Waals surface area contributed by atoms with Crippen molar-refractivity contribution < 1.29 is 0 Å². The summed E-state index contributed by atoms with van der Waals surface area (Å²) >= 11 is 3.61. The predicted octanol–water partition coefficient (Wildman–Crippen LogP) is 12.1. The van der Waals surface area contributed by atoms with Crippen molar-refractivity contribution in [1.29, 1.82) is 0 Å². The molecule has 51 heavy (non-hydrogen) atoms. The average Bonchev–Trinajstić information content (AvgIpc) is 3.88. The molecule has 0 aliphatic carbocycles. The van der Waals surface area contributed by atoms with E-state index in [2.05, 4.69) is 120 Å². The summed E-state index contributed by atoms with van der Waals surface area (Å²) in [6, 6.07) is 50.8. The van der Waals surface area contributed by atoms with E-state index in [9.17, 15) is 0 Å². The lowest BCUT2D eigenvalue weighted by atomic mass is 10.0. The maximum absolute atomic E-state index is 5.30. The predicted molar refractivity (Wildman–Crippen MR) is 214 cm³/mol. The number of pyridine rings is 1. The first-order chi connectivity index (χ1) is 25.3. The molecule has 11 aromatic rings. The topological polar surface area (TPSA) is 56.5 Å². The third-order valence-electron chi connectivity index (χ3n) is 9.73. The molecule has 7 heteroatoms. The summed E-state index contributed by atoms with van der Waals surface area (Å²) < 4.78 is 6.02. The van der Waals surface area contributed by atoms with Gasteiger partial charge in [0.25, 0.3) is 0 Å². The zero-order valence-electron chi connectivity index (χ0n) is 27.0. The molecule has 5 heterocycles. The molecule has 0 N–H and O–H groups in total. The molecule has 0 aliphatic rings. The maximum atomic E-state index is 5.30. The average molecular weight is 688 g/mol. The second-order valence-electron chi connectivity index (χ2n) is 12.6. The number of aromatic nitrogens is 5. The van der Waals surface area contributed by atoms with Crippen LogP contribution in [0.4, 0.5) is 0 Å². The Morgan fingerprint density at radius 2 is 1.04 bits per heavy atom. The van der Waals surface area contributed by atoms with Crippen molar-refractivity contribution in [3.63, 3.8) is 0 Å². The van der Waals surface area contributed by atoms with Gasteiger partial charge < -0.3 is 0 Å². The van der Waals surface area contributed by atoms with Crippen molar-refractivity contribution in [3.8, 4) is 39.9 Å². The highest BCUT2D eigenvalue weighted by Gasteiger charge is 2.26. The number of rotatable bonds is 4. The van der Waals surface area contributed by atoms with Crippen molar-refractivity contribution in [1.82, 2.24) is 24.5 Å². The highest BCUT2D eigenvalue weighted by Crippen LogP contribution is 2.51. The van der Waals surface area contributed by atoms with Crippen LogP contribution < -0.4 is 0 Å². The summed E-state index contributed by atoms with van der Waals surface area (Å²) in [6.45, 7) is 0. The van der Waals surface area contributed by atoms with E-state index >= 15 is 0 Å². The van der Waals surface area contributed by atoms with Crippen LogP contribution >= 0.6 is 22.7 Å². The zero-order valence-corrected chi connectivity index (χ0v) is 28.6. The number of thiophene rings is 2. The minimum absolute atomic E-state index is 0.586. The third-order valence-corrected chi connectivity index (χ3v) is 12.0. The van der Waals surface area contributed by atoms with Crippen LogP contribution in [0.15, 0.2) is 152 Å². The first-order valence-electron chi connectivity index (χ1n) is 16.8. The fourth-order valence-electron chi connectivity index (χ4n) is 7.46. The lowest BCUT2D eigenvalue weighted by molar-refractivity contribution is 0.955. The largest absolute Gasteiger partial charge is 0.276 e. The molecular weight excluding hydrogens is 663 g/mol. The van der Waals surface area contributed by atoms with E-state index in [4.69, 9.17) is 19.9 Å². The fourth-order valence-corrected chi connectivity index (χ4v) is 9.99. The van der Waals surface area contributed by atoms with E-state index < -0.39 is 0 Å². The lowest BCUT2D eigenvalue weighted by Crippen LogP contribution is -2.06. The molecule has 0 amide bonds. The lowest BCUT2D eigenvalue weighted by Gasteiger charge is -2.12. The molecule has 5 aromatic heterocycles. The van der Waals surface area contributed by atoms with Gasteiger partial charge in [-0.25, -0.2) is 9.97 Å². The van der Waals surface area contributed by atoms with Crippen LogP contribution in [-0.2, 0) is 0 Å².